The zero-order valence-corrected chi connectivity index (χ0v) is 16.1. The molecule has 2 aliphatic rings. The minimum atomic E-state index is -3.50. The predicted octanol–water partition coefficient (Wildman–Crippen LogP) is 2.23. The van der Waals surface area contributed by atoms with E-state index < -0.39 is 10.0 Å². The first-order valence-corrected chi connectivity index (χ1v) is 10.9. The van der Waals surface area contributed by atoms with Crippen molar-refractivity contribution in [3.05, 3.63) is 53.5 Å². The molecule has 27 heavy (non-hydrogen) atoms. The summed E-state index contributed by atoms with van der Waals surface area (Å²) in [6.45, 7) is 1.54. The molecule has 0 radical (unpaired) electrons. The molecule has 0 saturated carbocycles. The molecule has 0 atom stereocenters. The van der Waals surface area contributed by atoms with Crippen LogP contribution in [0.25, 0.3) is 0 Å². The summed E-state index contributed by atoms with van der Waals surface area (Å²) in [5.74, 6) is 0.835. The van der Waals surface area contributed by atoms with Gasteiger partial charge in [0.25, 0.3) is 0 Å². The van der Waals surface area contributed by atoms with Crippen LogP contribution in [0.3, 0.4) is 0 Å². The SMILES string of the molecule is O=C(CCc1ccco1)N1CCN(S(=O)(=O)c2ccc3c(c2)CCC3)CC1. The molecule has 1 aromatic heterocycles. The molecule has 6 nitrogen and oxygen atoms in total. The number of hydrogen-bond acceptors (Lipinski definition) is 4. The highest BCUT2D eigenvalue weighted by molar-refractivity contribution is 7.89. The lowest BCUT2D eigenvalue weighted by molar-refractivity contribution is -0.132. The van der Waals surface area contributed by atoms with Crippen LogP contribution in [-0.2, 0) is 34.1 Å². The van der Waals surface area contributed by atoms with Crippen molar-refractivity contribution in [1.82, 2.24) is 9.21 Å². The monoisotopic (exact) mass is 388 g/mol. The van der Waals surface area contributed by atoms with Crippen LogP contribution >= 0.6 is 0 Å². The van der Waals surface area contributed by atoms with Gasteiger partial charge in [0, 0.05) is 39.0 Å². The Balaban J connectivity index is 1.36. The van der Waals surface area contributed by atoms with E-state index in [9.17, 15) is 13.2 Å². The Hall–Kier alpha value is -2.12. The number of carbonyl (C=O) groups is 1. The van der Waals surface area contributed by atoms with Gasteiger partial charge in [-0.15, -0.1) is 0 Å². The van der Waals surface area contributed by atoms with E-state index in [1.807, 2.05) is 24.3 Å². The van der Waals surface area contributed by atoms with E-state index in [2.05, 4.69) is 0 Å². The fourth-order valence-corrected chi connectivity index (χ4v) is 5.35. The summed E-state index contributed by atoms with van der Waals surface area (Å²) in [6, 6.07) is 9.17. The van der Waals surface area contributed by atoms with Gasteiger partial charge in [0.1, 0.15) is 5.76 Å². The second kappa shape index (κ2) is 7.48. The van der Waals surface area contributed by atoms with E-state index in [0.29, 0.717) is 43.9 Å². The lowest BCUT2D eigenvalue weighted by Crippen LogP contribution is -2.50. The quantitative estimate of drug-likeness (QED) is 0.788. The van der Waals surface area contributed by atoms with Gasteiger partial charge in [0.05, 0.1) is 11.2 Å². The van der Waals surface area contributed by atoms with E-state index in [-0.39, 0.29) is 5.91 Å². The number of benzene rings is 1. The first-order valence-electron chi connectivity index (χ1n) is 9.46. The summed E-state index contributed by atoms with van der Waals surface area (Å²) >= 11 is 0. The average Bonchev–Trinajstić information content (AvgIpc) is 3.37. The first kappa shape index (κ1) is 18.3. The highest BCUT2D eigenvalue weighted by atomic mass is 32.2. The average molecular weight is 388 g/mol. The molecule has 1 fully saturated rings. The third-order valence-corrected chi connectivity index (χ3v) is 7.36. The maximum atomic E-state index is 13.0. The van der Waals surface area contributed by atoms with Gasteiger partial charge in [-0.3, -0.25) is 4.79 Å². The number of furan rings is 1. The van der Waals surface area contributed by atoms with Crippen LogP contribution in [0.5, 0.6) is 0 Å². The van der Waals surface area contributed by atoms with Gasteiger partial charge in [0.2, 0.25) is 15.9 Å². The number of nitrogens with zero attached hydrogens (tertiary/aromatic N) is 2. The van der Waals surface area contributed by atoms with E-state index in [1.54, 1.807) is 17.2 Å². The molecule has 0 bridgehead atoms. The van der Waals surface area contributed by atoms with Gasteiger partial charge in [-0.05, 0) is 54.7 Å². The minimum Gasteiger partial charge on any atom is -0.469 e. The fraction of sp³-hybridized carbons (Fsp3) is 0.450. The molecular weight excluding hydrogens is 364 g/mol. The Morgan fingerprint density at radius 3 is 2.56 bits per heavy atom. The molecule has 1 aliphatic carbocycles. The van der Waals surface area contributed by atoms with Crippen molar-refractivity contribution in [2.75, 3.05) is 26.2 Å². The lowest BCUT2D eigenvalue weighted by Gasteiger charge is -2.34. The Bertz CT molecular complexity index is 913. The molecule has 1 aliphatic heterocycles. The van der Waals surface area contributed by atoms with Crippen LogP contribution in [0.1, 0.15) is 29.7 Å². The van der Waals surface area contributed by atoms with Gasteiger partial charge >= 0.3 is 0 Å². The molecule has 144 valence electrons. The lowest BCUT2D eigenvalue weighted by atomic mass is 10.1. The summed E-state index contributed by atoms with van der Waals surface area (Å²) < 4.78 is 32.7. The van der Waals surface area contributed by atoms with Gasteiger partial charge in [-0.25, -0.2) is 8.42 Å². The molecule has 0 N–H and O–H groups in total. The van der Waals surface area contributed by atoms with Gasteiger partial charge < -0.3 is 9.32 Å². The van der Waals surface area contributed by atoms with Crippen LogP contribution in [0.15, 0.2) is 45.9 Å². The Morgan fingerprint density at radius 1 is 1.04 bits per heavy atom. The highest BCUT2D eigenvalue weighted by Gasteiger charge is 2.30. The number of rotatable bonds is 5. The number of carbonyl (C=O) groups excluding carboxylic acids is 1. The van der Waals surface area contributed by atoms with Gasteiger partial charge in [-0.2, -0.15) is 4.31 Å². The van der Waals surface area contributed by atoms with Crippen molar-refractivity contribution in [2.45, 2.75) is 37.0 Å². The summed E-state index contributed by atoms with van der Waals surface area (Å²) in [7, 11) is -3.50. The second-order valence-electron chi connectivity index (χ2n) is 7.15. The third kappa shape index (κ3) is 3.80. The highest BCUT2D eigenvalue weighted by Crippen LogP contribution is 2.26. The van der Waals surface area contributed by atoms with Crippen molar-refractivity contribution in [1.29, 1.82) is 0 Å². The molecule has 2 heterocycles. The maximum Gasteiger partial charge on any atom is 0.243 e. The van der Waals surface area contributed by atoms with Crippen molar-refractivity contribution in [3.8, 4) is 0 Å². The minimum absolute atomic E-state index is 0.0426. The van der Waals surface area contributed by atoms with Crippen molar-refractivity contribution in [3.63, 3.8) is 0 Å². The molecule has 1 aromatic carbocycles. The number of amides is 1. The summed E-state index contributed by atoms with van der Waals surface area (Å²) in [4.78, 5) is 14.5. The number of fused-ring (bicyclic) bond motifs is 1. The number of aryl methyl sites for hydroxylation is 3. The molecule has 1 saturated heterocycles. The van der Waals surface area contributed by atoms with Crippen LogP contribution in [0.2, 0.25) is 0 Å². The van der Waals surface area contributed by atoms with E-state index in [0.717, 1.165) is 30.6 Å². The van der Waals surface area contributed by atoms with Crippen molar-refractivity contribution in [2.24, 2.45) is 0 Å². The van der Waals surface area contributed by atoms with Crippen molar-refractivity contribution >= 4 is 15.9 Å². The third-order valence-electron chi connectivity index (χ3n) is 5.46. The van der Waals surface area contributed by atoms with E-state index in [4.69, 9.17) is 4.42 Å². The van der Waals surface area contributed by atoms with Crippen LogP contribution < -0.4 is 0 Å². The Kier molecular flexibility index (Phi) is 5.06. The zero-order valence-electron chi connectivity index (χ0n) is 15.3. The maximum absolute atomic E-state index is 13.0. The number of hydrogen-bond donors (Lipinski definition) is 0. The predicted molar refractivity (Wildman–Crippen MR) is 101 cm³/mol. The first-order chi connectivity index (χ1) is 13.0. The summed E-state index contributed by atoms with van der Waals surface area (Å²) in [5.41, 5.74) is 2.42. The largest absolute Gasteiger partial charge is 0.469 e. The normalized spacial score (nSPS) is 17.9. The standard InChI is InChI=1S/C20H24N2O4S/c23-20(9-7-18-5-2-14-26-18)21-10-12-22(13-11-21)27(24,25)19-8-6-16-3-1-4-17(16)15-19/h2,5-6,8,14-15H,1,3-4,7,9-13H2. The number of piperazine rings is 1. The van der Waals surface area contributed by atoms with Crippen LogP contribution in [0.4, 0.5) is 0 Å². The van der Waals surface area contributed by atoms with Gasteiger partial charge in [-0.1, -0.05) is 6.07 Å². The molecule has 2 aromatic rings. The Morgan fingerprint density at radius 2 is 1.81 bits per heavy atom. The van der Waals surface area contributed by atoms with Gasteiger partial charge in [0.15, 0.2) is 0 Å². The smallest absolute Gasteiger partial charge is 0.243 e. The Labute approximate surface area is 159 Å². The zero-order chi connectivity index (χ0) is 18.9. The molecule has 0 spiro atoms. The fourth-order valence-electron chi connectivity index (χ4n) is 3.88. The summed E-state index contributed by atoms with van der Waals surface area (Å²) in [5, 5.41) is 0. The molecule has 4 rings (SSSR count). The van der Waals surface area contributed by atoms with Crippen LogP contribution in [0, 0.1) is 0 Å². The topological polar surface area (TPSA) is 70.8 Å². The number of sulfonamides is 1. The molecule has 7 heteroatoms. The van der Waals surface area contributed by atoms with E-state index >= 15 is 0 Å². The van der Waals surface area contributed by atoms with Crippen LogP contribution in [-0.4, -0.2) is 49.7 Å². The molecular formula is C20H24N2O4S. The summed E-state index contributed by atoms with van der Waals surface area (Å²) in [6.07, 6.45) is 5.63. The second-order valence-corrected chi connectivity index (χ2v) is 9.09. The molecule has 1 amide bonds. The molecule has 0 unspecified atom stereocenters. The van der Waals surface area contributed by atoms with Crippen molar-refractivity contribution < 1.29 is 17.6 Å². The van der Waals surface area contributed by atoms with E-state index in [1.165, 1.54) is 9.87 Å².